The van der Waals surface area contributed by atoms with Crippen LogP contribution in [0.5, 0.6) is 5.75 Å². The predicted molar refractivity (Wildman–Crippen MR) is 115 cm³/mol. The van der Waals surface area contributed by atoms with Crippen molar-refractivity contribution in [2.75, 3.05) is 26.2 Å². The fraction of sp³-hybridized carbons (Fsp3) is 0.391. The van der Waals surface area contributed by atoms with Crippen molar-refractivity contribution in [3.8, 4) is 5.75 Å². The Kier molecular flexibility index (Phi) is 6.93. The smallest absolute Gasteiger partial charge is 0.253 e. The minimum Gasteiger partial charge on any atom is -0.490 e. The fourth-order valence-corrected chi connectivity index (χ4v) is 3.65. The van der Waals surface area contributed by atoms with E-state index in [2.05, 4.69) is 4.90 Å². The Hall–Kier alpha value is -2.37. The monoisotopic (exact) mass is 414 g/mol. The van der Waals surface area contributed by atoms with Gasteiger partial charge >= 0.3 is 0 Å². The molecule has 0 radical (unpaired) electrons. The Balaban J connectivity index is 1.65. The summed E-state index contributed by atoms with van der Waals surface area (Å²) in [7, 11) is 0. The molecule has 154 valence electrons. The minimum absolute atomic E-state index is 0.0409. The molecule has 3 rings (SSSR count). The van der Waals surface area contributed by atoms with Gasteiger partial charge in [0.2, 0.25) is 0 Å². The quantitative estimate of drug-likeness (QED) is 0.662. The van der Waals surface area contributed by atoms with E-state index in [1.807, 2.05) is 43.0 Å². The number of halogens is 1. The second-order valence-corrected chi connectivity index (χ2v) is 8.00. The van der Waals surface area contributed by atoms with Crippen LogP contribution in [0.25, 0.3) is 0 Å². The lowest BCUT2D eigenvalue weighted by atomic mass is 10.0. The van der Waals surface area contributed by atoms with Crippen molar-refractivity contribution < 1.29 is 14.3 Å². The van der Waals surface area contributed by atoms with Crippen LogP contribution in [-0.2, 0) is 6.54 Å². The van der Waals surface area contributed by atoms with Gasteiger partial charge < -0.3 is 9.64 Å². The molecule has 29 heavy (non-hydrogen) atoms. The summed E-state index contributed by atoms with van der Waals surface area (Å²) in [4.78, 5) is 29.1. The Morgan fingerprint density at radius 1 is 1.07 bits per heavy atom. The molecule has 0 unspecified atom stereocenters. The summed E-state index contributed by atoms with van der Waals surface area (Å²) < 4.78 is 5.70. The second-order valence-electron chi connectivity index (χ2n) is 7.59. The molecule has 0 aliphatic carbocycles. The number of Topliss-reactive ketones (excluding diaryl/α,β-unsaturated/α-hetero) is 1. The van der Waals surface area contributed by atoms with Gasteiger partial charge in [-0.3, -0.25) is 14.5 Å². The molecule has 1 amide bonds. The number of benzene rings is 2. The predicted octanol–water partition coefficient (Wildman–Crippen LogP) is 4.29. The van der Waals surface area contributed by atoms with Crippen LogP contribution in [0.3, 0.4) is 0 Å². The van der Waals surface area contributed by atoms with Crippen LogP contribution in [0.15, 0.2) is 42.5 Å². The maximum Gasteiger partial charge on any atom is 0.253 e. The van der Waals surface area contributed by atoms with Crippen LogP contribution in [-0.4, -0.2) is 53.8 Å². The summed E-state index contributed by atoms with van der Waals surface area (Å²) in [5, 5.41) is 0.770. The maximum absolute atomic E-state index is 13.0. The van der Waals surface area contributed by atoms with Crippen LogP contribution in [0.1, 0.15) is 47.1 Å². The molecule has 1 saturated heterocycles. The third-order valence-electron chi connectivity index (χ3n) is 4.98. The number of ketones is 1. The van der Waals surface area contributed by atoms with Crippen molar-refractivity contribution in [2.24, 2.45) is 0 Å². The van der Waals surface area contributed by atoms with Gasteiger partial charge in [-0.2, -0.15) is 0 Å². The van der Waals surface area contributed by atoms with E-state index in [0.717, 1.165) is 30.2 Å². The topological polar surface area (TPSA) is 49.9 Å². The highest BCUT2D eigenvalue weighted by molar-refractivity contribution is 6.31. The molecule has 2 aromatic rings. The van der Waals surface area contributed by atoms with E-state index in [4.69, 9.17) is 16.3 Å². The zero-order valence-electron chi connectivity index (χ0n) is 17.2. The van der Waals surface area contributed by atoms with Gasteiger partial charge in [-0.15, -0.1) is 0 Å². The number of carbonyl (C=O) groups excluding carboxylic acids is 2. The number of rotatable bonds is 6. The molecule has 1 fully saturated rings. The SMILES string of the molecule is CC(=O)c1cc(C(=O)N2CCN(Cc3ccccc3Cl)CC2)ccc1OC(C)C. The number of hydrogen-bond donors (Lipinski definition) is 0. The van der Waals surface area contributed by atoms with E-state index in [9.17, 15) is 9.59 Å². The van der Waals surface area contributed by atoms with E-state index in [1.165, 1.54) is 6.92 Å². The van der Waals surface area contributed by atoms with Crippen molar-refractivity contribution in [3.05, 3.63) is 64.2 Å². The molecule has 6 heteroatoms. The summed E-state index contributed by atoms with van der Waals surface area (Å²) in [6.07, 6.45) is -0.0409. The highest BCUT2D eigenvalue weighted by Crippen LogP contribution is 2.24. The van der Waals surface area contributed by atoms with Crippen molar-refractivity contribution in [2.45, 2.75) is 33.4 Å². The molecular formula is C23H27ClN2O3. The number of ether oxygens (including phenoxy) is 1. The van der Waals surface area contributed by atoms with Crippen molar-refractivity contribution in [1.82, 2.24) is 9.80 Å². The molecule has 2 aromatic carbocycles. The molecule has 0 atom stereocenters. The van der Waals surface area contributed by atoms with Crippen LogP contribution >= 0.6 is 11.6 Å². The van der Waals surface area contributed by atoms with Crippen molar-refractivity contribution in [3.63, 3.8) is 0 Å². The van der Waals surface area contributed by atoms with Gasteiger partial charge in [-0.1, -0.05) is 29.8 Å². The summed E-state index contributed by atoms with van der Waals surface area (Å²) >= 11 is 6.26. The van der Waals surface area contributed by atoms with Gasteiger partial charge in [0, 0.05) is 43.3 Å². The van der Waals surface area contributed by atoms with E-state index in [-0.39, 0.29) is 17.8 Å². The molecule has 0 bridgehead atoms. The Labute approximate surface area is 177 Å². The number of nitrogens with zero attached hydrogens (tertiary/aromatic N) is 2. The van der Waals surface area contributed by atoms with E-state index in [1.54, 1.807) is 18.2 Å². The number of carbonyl (C=O) groups is 2. The van der Waals surface area contributed by atoms with Crippen LogP contribution in [0.2, 0.25) is 5.02 Å². The van der Waals surface area contributed by atoms with E-state index < -0.39 is 0 Å². The Morgan fingerprint density at radius 2 is 1.76 bits per heavy atom. The Morgan fingerprint density at radius 3 is 2.38 bits per heavy atom. The minimum atomic E-state index is -0.111. The highest BCUT2D eigenvalue weighted by Gasteiger charge is 2.24. The third kappa shape index (κ3) is 5.37. The van der Waals surface area contributed by atoms with Crippen LogP contribution in [0.4, 0.5) is 0 Å². The molecule has 0 spiro atoms. The summed E-state index contributed by atoms with van der Waals surface area (Å²) in [5.74, 6) is 0.356. The summed E-state index contributed by atoms with van der Waals surface area (Å²) in [6.45, 7) is 8.93. The lowest BCUT2D eigenvalue weighted by Crippen LogP contribution is -2.48. The average molecular weight is 415 g/mol. The van der Waals surface area contributed by atoms with E-state index >= 15 is 0 Å². The first-order valence-electron chi connectivity index (χ1n) is 9.92. The zero-order valence-corrected chi connectivity index (χ0v) is 17.9. The molecule has 0 saturated carbocycles. The van der Waals surface area contributed by atoms with E-state index in [0.29, 0.717) is 30.0 Å². The normalized spacial score (nSPS) is 14.9. The third-order valence-corrected chi connectivity index (χ3v) is 5.35. The lowest BCUT2D eigenvalue weighted by Gasteiger charge is -2.35. The molecule has 1 heterocycles. The molecule has 5 nitrogen and oxygen atoms in total. The number of piperazine rings is 1. The van der Waals surface area contributed by atoms with Crippen molar-refractivity contribution in [1.29, 1.82) is 0 Å². The average Bonchev–Trinajstić information content (AvgIpc) is 2.69. The van der Waals surface area contributed by atoms with Gasteiger partial charge in [0.15, 0.2) is 5.78 Å². The second kappa shape index (κ2) is 9.42. The largest absolute Gasteiger partial charge is 0.490 e. The maximum atomic E-state index is 13.0. The summed E-state index contributed by atoms with van der Waals surface area (Å²) in [6, 6.07) is 13.0. The van der Waals surface area contributed by atoms with Gasteiger partial charge in [0.05, 0.1) is 11.7 Å². The van der Waals surface area contributed by atoms with Gasteiger partial charge in [0.25, 0.3) is 5.91 Å². The molecule has 1 aliphatic rings. The number of amides is 1. The number of hydrogen-bond acceptors (Lipinski definition) is 4. The van der Waals surface area contributed by atoms with Crippen LogP contribution in [0, 0.1) is 0 Å². The summed E-state index contributed by atoms with van der Waals surface area (Å²) in [5.41, 5.74) is 2.06. The highest BCUT2D eigenvalue weighted by atomic mass is 35.5. The van der Waals surface area contributed by atoms with Crippen molar-refractivity contribution >= 4 is 23.3 Å². The zero-order chi connectivity index (χ0) is 21.0. The first kappa shape index (κ1) is 21.3. The van der Waals surface area contributed by atoms with Gasteiger partial charge in [-0.25, -0.2) is 0 Å². The first-order chi connectivity index (χ1) is 13.8. The first-order valence-corrected chi connectivity index (χ1v) is 10.3. The fourth-order valence-electron chi connectivity index (χ4n) is 3.45. The van der Waals surface area contributed by atoms with Gasteiger partial charge in [0.1, 0.15) is 5.75 Å². The lowest BCUT2D eigenvalue weighted by molar-refractivity contribution is 0.0628. The molecular weight excluding hydrogens is 388 g/mol. The molecule has 0 aromatic heterocycles. The van der Waals surface area contributed by atoms with Gasteiger partial charge in [-0.05, 0) is 50.6 Å². The molecule has 1 aliphatic heterocycles. The standard InChI is InChI=1S/C23H27ClN2O3/c1-16(2)29-22-9-8-18(14-20(22)17(3)27)23(28)26-12-10-25(11-13-26)15-19-6-4-5-7-21(19)24/h4-9,14,16H,10-13,15H2,1-3H3. The Bertz CT molecular complexity index is 889. The molecule has 0 N–H and O–H groups in total. The van der Waals surface area contributed by atoms with Crippen LogP contribution < -0.4 is 4.74 Å².